The number of halogens is 3. The standard InChI is InChI=1S/C31H37Cl3N4O2/c1-30(2)16-22(17-31(3,4)38-30)36-18-21(37-29(39)24-7-6-14-35-28(24)34)15-20-10-12-23(13-11-20)40-19-25-26(32)8-5-9-27(25)33/h5-14,21-22,36,38H,15-19H2,1-4H3,(H,37,39)/t21-/m0/s1. The predicted molar refractivity (Wildman–Crippen MR) is 164 cm³/mol. The molecule has 1 amide bonds. The van der Waals surface area contributed by atoms with Crippen LogP contribution in [0.4, 0.5) is 0 Å². The number of piperidine rings is 1. The van der Waals surface area contributed by atoms with E-state index in [1.54, 1.807) is 30.5 Å². The van der Waals surface area contributed by atoms with E-state index in [0.717, 1.165) is 24.0 Å². The Kier molecular flexibility index (Phi) is 10.0. The van der Waals surface area contributed by atoms with Gasteiger partial charge in [-0.2, -0.15) is 0 Å². The van der Waals surface area contributed by atoms with Crippen LogP contribution in [0.15, 0.2) is 60.8 Å². The van der Waals surface area contributed by atoms with Crippen molar-refractivity contribution in [2.75, 3.05) is 6.54 Å². The largest absolute Gasteiger partial charge is 0.489 e. The zero-order valence-corrected chi connectivity index (χ0v) is 25.6. The number of amides is 1. The van der Waals surface area contributed by atoms with E-state index in [1.807, 2.05) is 30.3 Å². The van der Waals surface area contributed by atoms with Crippen molar-refractivity contribution in [1.82, 2.24) is 20.9 Å². The van der Waals surface area contributed by atoms with E-state index in [0.29, 0.717) is 40.4 Å². The highest BCUT2D eigenvalue weighted by Gasteiger charge is 2.37. The Labute approximate surface area is 252 Å². The summed E-state index contributed by atoms with van der Waals surface area (Å²) < 4.78 is 5.94. The average molecular weight is 604 g/mol. The fourth-order valence-electron chi connectivity index (χ4n) is 5.60. The van der Waals surface area contributed by atoms with Gasteiger partial charge < -0.3 is 20.7 Å². The molecule has 9 heteroatoms. The second-order valence-electron chi connectivity index (χ2n) is 11.8. The lowest BCUT2D eigenvalue weighted by Crippen LogP contribution is -2.62. The lowest BCUT2D eigenvalue weighted by molar-refractivity contribution is 0.0930. The monoisotopic (exact) mass is 602 g/mol. The molecule has 2 aromatic carbocycles. The van der Waals surface area contributed by atoms with Crippen LogP contribution in [0.2, 0.25) is 15.2 Å². The van der Waals surface area contributed by atoms with Gasteiger partial charge in [0, 0.05) is 51.5 Å². The molecular weight excluding hydrogens is 567 g/mol. The molecule has 3 aromatic rings. The number of carbonyl (C=O) groups excluding carboxylic acids is 1. The number of hydrogen-bond acceptors (Lipinski definition) is 5. The third-order valence-corrected chi connectivity index (χ3v) is 8.04. The van der Waals surface area contributed by atoms with E-state index in [-0.39, 0.29) is 34.8 Å². The Morgan fingerprint density at radius 1 is 1.00 bits per heavy atom. The van der Waals surface area contributed by atoms with Gasteiger partial charge in [-0.1, -0.05) is 53.0 Å². The van der Waals surface area contributed by atoms with E-state index < -0.39 is 0 Å². The third kappa shape index (κ3) is 8.58. The Hall–Kier alpha value is -2.35. The van der Waals surface area contributed by atoms with E-state index >= 15 is 0 Å². The normalized spacial score (nSPS) is 17.3. The summed E-state index contributed by atoms with van der Waals surface area (Å²) in [5.41, 5.74) is 2.22. The highest BCUT2D eigenvalue weighted by Crippen LogP contribution is 2.29. The first-order valence-electron chi connectivity index (χ1n) is 13.5. The van der Waals surface area contributed by atoms with E-state index in [9.17, 15) is 4.79 Å². The summed E-state index contributed by atoms with van der Waals surface area (Å²) in [6.45, 7) is 9.81. The van der Waals surface area contributed by atoms with Gasteiger partial charge in [0.1, 0.15) is 17.5 Å². The Bertz CT molecular complexity index is 1280. The molecule has 1 atom stereocenters. The molecule has 0 aliphatic carbocycles. The molecular formula is C31H37Cl3N4O2. The SMILES string of the molecule is CC1(C)CC(NC[C@H](Cc2ccc(OCc3c(Cl)cccc3Cl)cc2)NC(=O)c2cccnc2Cl)CC(C)(C)N1. The fraction of sp³-hybridized carbons (Fsp3) is 0.419. The zero-order valence-electron chi connectivity index (χ0n) is 23.4. The topological polar surface area (TPSA) is 75.3 Å². The van der Waals surface area contributed by atoms with Crippen molar-refractivity contribution in [3.8, 4) is 5.75 Å². The minimum absolute atomic E-state index is 0.0193. The van der Waals surface area contributed by atoms with Crippen molar-refractivity contribution in [2.45, 2.75) is 76.7 Å². The van der Waals surface area contributed by atoms with Crippen molar-refractivity contribution >= 4 is 40.7 Å². The molecule has 6 nitrogen and oxygen atoms in total. The van der Waals surface area contributed by atoms with Crippen LogP contribution in [-0.4, -0.2) is 40.6 Å². The van der Waals surface area contributed by atoms with E-state index in [2.05, 4.69) is 48.6 Å². The van der Waals surface area contributed by atoms with Gasteiger partial charge in [0.2, 0.25) is 0 Å². The van der Waals surface area contributed by atoms with Crippen molar-refractivity contribution < 1.29 is 9.53 Å². The molecule has 1 aliphatic rings. The van der Waals surface area contributed by atoms with Crippen LogP contribution in [0.3, 0.4) is 0 Å². The molecule has 1 aromatic heterocycles. The maximum atomic E-state index is 13.1. The van der Waals surface area contributed by atoms with Gasteiger partial charge in [-0.3, -0.25) is 4.79 Å². The molecule has 1 fully saturated rings. The zero-order chi connectivity index (χ0) is 28.9. The molecule has 0 radical (unpaired) electrons. The van der Waals surface area contributed by atoms with Crippen molar-refractivity contribution in [3.05, 3.63) is 92.7 Å². The van der Waals surface area contributed by atoms with Gasteiger partial charge in [0.05, 0.1) is 5.56 Å². The van der Waals surface area contributed by atoms with Crippen LogP contribution in [0, 0.1) is 0 Å². The number of nitrogens with zero attached hydrogens (tertiary/aromatic N) is 1. The van der Waals surface area contributed by atoms with Crippen LogP contribution in [0.25, 0.3) is 0 Å². The maximum absolute atomic E-state index is 13.1. The fourth-order valence-corrected chi connectivity index (χ4v) is 6.31. The Morgan fingerprint density at radius 2 is 1.65 bits per heavy atom. The van der Waals surface area contributed by atoms with Crippen molar-refractivity contribution in [3.63, 3.8) is 0 Å². The Morgan fingerprint density at radius 3 is 2.27 bits per heavy atom. The molecule has 1 saturated heterocycles. The Balaban J connectivity index is 1.44. The molecule has 0 saturated carbocycles. The minimum atomic E-state index is -0.243. The molecule has 0 spiro atoms. The second-order valence-corrected chi connectivity index (χ2v) is 12.9. The highest BCUT2D eigenvalue weighted by atomic mass is 35.5. The minimum Gasteiger partial charge on any atom is -0.489 e. The maximum Gasteiger partial charge on any atom is 0.254 e. The van der Waals surface area contributed by atoms with E-state index in [1.165, 1.54) is 0 Å². The van der Waals surface area contributed by atoms with Gasteiger partial charge in [-0.15, -0.1) is 0 Å². The number of pyridine rings is 1. The number of hydrogen-bond donors (Lipinski definition) is 3. The molecule has 0 unspecified atom stereocenters. The summed E-state index contributed by atoms with van der Waals surface area (Å²) in [5, 5.41) is 12.0. The summed E-state index contributed by atoms with van der Waals surface area (Å²) >= 11 is 18.8. The smallest absolute Gasteiger partial charge is 0.254 e. The molecule has 214 valence electrons. The molecule has 1 aliphatic heterocycles. The number of nitrogens with one attached hydrogen (secondary N) is 3. The third-order valence-electron chi connectivity index (χ3n) is 7.03. The number of rotatable bonds is 10. The summed E-state index contributed by atoms with van der Waals surface area (Å²) in [5.74, 6) is 0.465. The number of carbonyl (C=O) groups is 1. The second kappa shape index (κ2) is 13.1. The average Bonchev–Trinajstić information content (AvgIpc) is 2.86. The summed E-state index contributed by atoms with van der Waals surface area (Å²) in [6.07, 6.45) is 4.19. The van der Waals surface area contributed by atoms with E-state index in [4.69, 9.17) is 39.5 Å². The van der Waals surface area contributed by atoms with Crippen LogP contribution < -0.4 is 20.7 Å². The first-order valence-corrected chi connectivity index (χ1v) is 14.6. The van der Waals surface area contributed by atoms with Crippen molar-refractivity contribution in [1.29, 1.82) is 0 Å². The van der Waals surface area contributed by atoms with Crippen LogP contribution in [0.1, 0.15) is 62.0 Å². The van der Waals surface area contributed by atoms with Crippen LogP contribution >= 0.6 is 34.8 Å². The summed E-state index contributed by atoms with van der Waals surface area (Å²) in [6, 6.07) is 16.8. The van der Waals surface area contributed by atoms with Crippen LogP contribution in [-0.2, 0) is 13.0 Å². The first kappa shape index (κ1) is 30.6. The number of ether oxygens (including phenoxy) is 1. The van der Waals surface area contributed by atoms with Crippen molar-refractivity contribution in [2.24, 2.45) is 0 Å². The number of benzene rings is 2. The lowest BCUT2D eigenvalue weighted by atomic mass is 9.79. The van der Waals surface area contributed by atoms with Gasteiger partial charge in [-0.25, -0.2) is 4.98 Å². The molecule has 4 rings (SSSR count). The molecule has 0 bridgehead atoms. The molecule has 2 heterocycles. The number of aromatic nitrogens is 1. The highest BCUT2D eigenvalue weighted by molar-refractivity contribution is 6.36. The lowest BCUT2D eigenvalue weighted by Gasteiger charge is -2.47. The first-order chi connectivity index (χ1) is 18.9. The molecule has 40 heavy (non-hydrogen) atoms. The van der Waals surface area contributed by atoms with Gasteiger partial charge >= 0.3 is 0 Å². The van der Waals surface area contributed by atoms with Gasteiger partial charge in [0.25, 0.3) is 5.91 Å². The quantitative estimate of drug-likeness (QED) is 0.221. The predicted octanol–water partition coefficient (Wildman–Crippen LogP) is 6.86. The summed E-state index contributed by atoms with van der Waals surface area (Å²) in [7, 11) is 0. The van der Waals surface area contributed by atoms with Crippen LogP contribution in [0.5, 0.6) is 5.75 Å². The molecule has 3 N–H and O–H groups in total. The summed E-state index contributed by atoms with van der Waals surface area (Å²) in [4.78, 5) is 17.2. The van der Waals surface area contributed by atoms with Gasteiger partial charge in [-0.05, 0) is 88.9 Å². The van der Waals surface area contributed by atoms with Gasteiger partial charge in [0.15, 0.2) is 0 Å².